The van der Waals surface area contributed by atoms with Crippen LogP contribution >= 0.6 is 11.6 Å². The fourth-order valence-corrected chi connectivity index (χ4v) is 2.30. The summed E-state index contributed by atoms with van der Waals surface area (Å²) in [7, 11) is 1.49. The molecule has 1 unspecified atom stereocenters. The monoisotopic (exact) mass is 317 g/mol. The van der Waals surface area contributed by atoms with Crippen LogP contribution in [0.1, 0.15) is 17.2 Å². The van der Waals surface area contributed by atoms with Crippen molar-refractivity contribution >= 4 is 11.6 Å². The first-order chi connectivity index (χ1) is 9.92. The molecule has 0 amide bonds. The molecule has 0 fully saturated rings. The van der Waals surface area contributed by atoms with Gasteiger partial charge in [-0.05, 0) is 31.2 Å². The van der Waals surface area contributed by atoms with Crippen LogP contribution in [-0.4, -0.2) is 7.05 Å². The van der Waals surface area contributed by atoms with Gasteiger partial charge in [-0.2, -0.15) is 0 Å². The van der Waals surface area contributed by atoms with Gasteiger partial charge < -0.3 is 5.32 Å². The fourth-order valence-electron chi connectivity index (χ4n) is 2.14. The summed E-state index contributed by atoms with van der Waals surface area (Å²) in [5.41, 5.74) is -0.0740. The van der Waals surface area contributed by atoms with Gasteiger partial charge in [0, 0.05) is 28.8 Å². The molecule has 1 nitrogen and oxygen atoms in total. The van der Waals surface area contributed by atoms with E-state index in [1.807, 2.05) is 0 Å². The van der Waals surface area contributed by atoms with E-state index in [1.54, 1.807) is 0 Å². The predicted molar refractivity (Wildman–Crippen MR) is 73.2 cm³/mol. The number of likely N-dealkylation sites (N-methyl/N-ethyl adjacent to an activating group) is 1. The van der Waals surface area contributed by atoms with Crippen molar-refractivity contribution in [3.8, 4) is 0 Å². The standard InChI is InChI=1S/C15H12ClF4N/c1-21-14(4-8-2-3-9(16)5-11(8)18)15-12(19)6-10(17)7-13(15)20/h2-3,5-7,14,21H,4H2,1H3. The maximum Gasteiger partial charge on any atom is 0.133 e. The molecule has 6 heteroatoms. The summed E-state index contributed by atoms with van der Waals surface area (Å²) in [6, 6.07) is 4.43. The zero-order chi connectivity index (χ0) is 15.6. The van der Waals surface area contributed by atoms with Gasteiger partial charge >= 0.3 is 0 Å². The minimum absolute atomic E-state index is 0.00102. The highest BCUT2D eigenvalue weighted by molar-refractivity contribution is 6.30. The molecule has 2 aromatic rings. The summed E-state index contributed by atoms with van der Waals surface area (Å²) in [4.78, 5) is 0. The van der Waals surface area contributed by atoms with Crippen molar-refractivity contribution in [2.45, 2.75) is 12.5 Å². The highest BCUT2D eigenvalue weighted by Gasteiger charge is 2.21. The molecule has 0 aliphatic carbocycles. The summed E-state index contributed by atoms with van der Waals surface area (Å²) in [6.45, 7) is 0. The zero-order valence-corrected chi connectivity index (χ0v) is 11.8. The van der Waals surface area contributed by atoms with E-state index in [0.717, 1.165) is 6.07 Å². The van der Waals surface area contributed by atoms with Crippen LogP contribution < -0.4 is 5.32 Å². The maximum atomic E-state index is 13.8. The van der Waals surface area contributed by atoms with Crippen molar-refractivity contribution in [3.63, 3.8) is 0 Å². The van der Waals surface area contributed by atoms with Crippen LogP contribution in [-0.2, 0) is 6.42 Å². The van der Waals surface area contributed by atoms with E-state index in [-0.39, 0.29) is 22.6 Å². The Morgan fingerprint density at radius 3 is 2.14 bits per heavy atom. The topological polar surface area (TPSA) is 12.0 Å². The van der Waals surface area contributed by atoms with Crippen molar-refractivity contribution in [2.24, 2.45) is 0 Å². The van der Waals surface area contributed by atoms with Crippen LogP contribution in [0.5, 0.6) is 0 Å². The molecule has 0 saturated carbocycles. The van der Waals surface area contributed by atoms with Crippen molar-refractivity contribution in [2.75, 3.05) is 7.05 Å². The van der Waals surface area contributed by atoms with Gasteiger partial charge in [-0.1, -0.05) is 17.7 Å². The maximum absolute atomic E-state index is 13.8. The Morgan fingerprint density at radius 1 is 1.00 bits per heavy atom. The highest BCUT2D eigenvalue weighted by Crippen LogP contribution is 2.26. The molecule has 21 heavy (non-hydrogen) atoms. The van der Waals surface area contributed by atoms with Crippen LogP contribution in [0.2, 0.25) is 5.02 Å². The molecule has 0 radical (unpaired) electrons. The summed E-state index contributed by atoms with van der Waals surface area (Å²) in [5.74, 6) is -3.59. The van der Waals surface area contributed by atoms with Crippen molar-refractivity contribution in [3.05, 3.63) is 69.8 Å². The lowest BCUT2D eigenvalue weighted by molar-refractivity contribution is 0.470. The average Bonchev–Trinajstić information content (AvgIpc) is 2.39. The first-order valence-electron chi connectivity index (χ1n) is 6.18. The molecule has 112 valence electrons. The van der Waals surface area contributed by atoms with Crippen LogP contribution in [0.4, 0.5) is 17.6 Å². The van der Waals surface area contributed by atoms with Crippen LogP contribution in [0.25, 0.3) is 0 Å². The first-order valence-corrected chi connectivity index (χ1v) is 6.55. The summed E-state index contributed by atoms with van der Waals surface area (Å²) in [5, 5.41) is 2.94. The van der Waals surface area contributed by atoms with E-state index >= 15 is 0 Å². The molecule has 0 aliphatic heterocycles. The van der Waals surface area contributed by atoms with E-state index in [0.29, 0.717) is 12.1 Å². The Labute approximate surface area is 124 Å². The predicted octanol–water partition coefficient (Wildman–Crippen LogP) is 4.40. The molecule has 0 aromatic heterocycles. The Morgan fingerprint density at radius 2 is 1.62 bits per heavy atom. The van der Waals surface area contributed by atoms with E-state index in [1.165, 1.54) is 19.2 Å². The molecule has 0 bridgehead atoms. The van der Waals surface area contributed by atoms with Crippen molar-refractivity contribution in [1.29, 1.82) is 0 Å². The van der Waals surface area contributed by atoms with Crippen molar-refractivity contribution < 1.29 is 17.6 Å². The van der Waals surface area contributed by atoms with Gasteiger partial charge in [0.1, 0.15) is 23.3 Å². The lowest BCUT2D eigenvalue weighted by atomic mass is 9.97. The Hall–Kier alpha value is -1.59. The third-order valence-corrected chi connectivity index (χ3v) is 3.41. The second-order valence-electron chi connectivity index (χ2n) is 4.56. The Bertz CT molecular complexity index is 637. The SMILES string of the molecule is CNC(Cc1ccc(Cl)cc1F)c1c(F)cc(F)cc1F. The summed E-state index contributed by atoms with van der Waals surface area (Å²) >= 11 is 5.65. The number of rotatable bonds is 4. The smallest absolute Gasteiger partial charge is 0.133 e. The Kier molecular flexibility index (Phi) is 4.85. The van der Waals surface area contributed by atoms with Crippen LogP contribution in [0.15, 0.2) is 30.3 Å². The average molecular weight is 318 g/mol. The van der Waals surface area contributed by atoms with E-state index < -0.39 is 29.3 Å². The molecule has 0 heterocycles. The minimum atomic E-state index is -1.01. The highest BCUT2D eigenvalue weighted by atomic mass is 35.5. The van der Waals surface area contributed by atoms with Crippen LogP contribution in [0.3, 0.4) is 0 Å². The molecular weight excluding hydrogens is 306 g/mol. The van der Waals surface area contributed by atoms with Gasteiger partial charge in [-0.25, -0.2) is 17.6 Å². The van der Waals surface area contributed by atoms with E-state index in [2.05, 4.69) is 5.32 Å². The van der Waals surface area contributed by atoms with Gasteiger partial charge in [0.15, 0.2) is 0 Å². The van der Waals surface area contributed by atoms with E-state index in [9.17, 15) is 17.6 Å². The van der Waals surface area contributed by atoms with E-state index in [4.69, 9.17) is 11.6 Å². The van der Waals surface area contributed by atoms with Gasteiger partial charge in [0.2, 0.25) is 0 Å². The molecule has 0 aliphatic rings. The molecule has 1 N–H and O–H groups in total. The first kappa shape index (κ1) is 15.8. The molecular formula is C15H12ClF4N. The number of halogens is 5. The third kappa shape index (κ3) is 3.54. The second-order valence-corrected chi connectivity index (χ2v) is 5.00. The molecule has 1 atom stereocenters. The molecule has 2 aromatic carbocycles. The number of hydrogen-bond acceptors (Lipinski definition) is 1. The second kappa shape index (κ2) is 6.45. The van der Waals surface area contributed by atoms with Gasteiger partial charge in [0.25, 0.3) is 0 Å². The summed E-state index contributed by atoms with van der Waals surface area (Å²) in [6.07, 6.45) is -0.00102. The largest absolute Gasteiger partial charge is 0.313 e. The number of benzene rings is 2. The van der Waals surface area contributed by atoms with Gasteiger partial charge in [0.05, 0.1) is 0 Å². The molecule has 0 spiro atoms. The van der Waals surface area contributed by atoms with Gasteiger partial charge in [-0.15, -0.1) is 0 Å². The van der Waals surface area contributed by atoms with Gasteiger partial charge in [-0.3, -0.25) is 0 Å². The minimum Gasteiger partial charge on any atom is -0.313 e. The lowest BCUT2D eigenvalue weighted by Crippen LogP contribution is -2.22. The fraction of sp³-hybridized carbons (Fsp3) is 0.200. The van der Waals surface area contributed by atoms with Crippen molar-refractivity contribution in [1.82, 2.24) is 5.32 Å². The lowest BCUT2D eigenvalue weighted by Gasteiger charge is -2.18. The quantitative estimate of drug-likeness (QED) is 0.824. The Balaban J connectivity index is 2.37. The molecule has 0 saturated heterocycles. The zero-order valence-electron chi connectivity index (χ0n) is 11.1. The summed E-state index contributed by atoms with van der Waals surface area (Å²) < 4.78 is 54.3. The number of hydrogen-bond donors (Lipinski definition) is 1. The number of nitrogens with one attached hydrogen (secondary N) is 1. The van der Waals surface area contributed by atoms with Crippen LogP contribution in [0, 0.1) is 23.3 Å². The third-order valence-electron chi connectivity index (χ3n) is 3.18. The normalized spacial score (nSPS) is 12.5. The molecule has 2 rings (SSSR count).